The smallest absolute Gasteiger partial charge is 0.213 e. The van der Waals surface area contributed by atoms with Crippen molar-refractivity contribution in [2.75, 3.05) is 0 Å². The van der Waals surface area contributed by atoms with Crippen LogP contribution in [0.15, 0.2) is 42.6 Å². The second-order valence-electron chi connectivity index (χ2n) is 3.78. The molecule has 0 fully saturated rings. The van der Waals surface area contributed by atoms with Gasteiger partial charge >= 0.3 is 0 Å². The van der Waals surface area contributed by atoms with Crippen molar-refractivity contribution in [3.05, 3.63) is 59.7 Å². The van der Waals surface area contributed by atoms with E-state index in [9.17, 15) is 4.39 Å². The number of nitrogens with zero attached hydrogens (tertiary/aromatic N) is 1. The molecule has 2 rings (SSSR count). The lowest BCUT2D eigenvalue weighted by molar-refractivity contribution is 0.304. The number of benzene rings is 1. The predicted octanol–water partition coefficient (Wildman–Crippen LogP) is 3.36. The molecule has 1 aromatic heterocycles. The van der Waals surface area contributed by atoms with Gasteiger partial charge in [0.2, 0.25) is 5.95 Å². The van der Waals surface area contributed by atoms with Crippen LogP contribution in [-0.2, 0) is 13.0 Å². The topological polar surface area (TPSA) is 22.1 Å². The van der Waals surface area contributed by atoms with E-state index in [0.717, 1.165) is 12.0 Å². The van der Waals surface area contributed by atoms with Crippen molar-refractivity contribution in [2.45, 2.75) is 20.0 Å². The molecule has 0 saturated heterocycles. The molecule has 0 amide bonds. The Morgan fingerprint density at radius 1 is 1.06 bits per heavy atom. The molecule has 0 radical (unpaired) electrons. The Balaban J connectivity index is 1.95. The van der Waals surface area contributed by atoms with Crippen molar-refractivity contribution >= 4 is 0 Å². The summed E-state index contributed by atoms with van der Waals surface area (Å²) >= 11 is 0. The van der Waals surface area contributed by atoms with Gasteiger partial charge in [-0.1, -0.05) is 31.2 Å². The predicted molar refractivity (Wildman–Crippen MR) is 64.3 cm³/mol. The summed E-state index contributed by atoms with van der Waals surface area (Å²) in [5.74, 6) is 0.0793. The lowest BCUT2D eigenvalue weighted by Crippen LogP contribution is -1.96. The van der Waals surface area contributed by atoms with Crippen LogP contribution in [0.2, 0.25) is 0 Å². The van der Waals surface area contributed by atoms with E-state index in [-0.39, 0.29) is 0 Å². The summed E-state index contributed by atoms with van der Waals surface area (Å²) in [7, 11) is 0. The third-order valence-corrected chi connectivity index (χ3v) is 2.54. The number of rotatable bonds is 4. The summed E-state index contributed by atoms with van der Waals surface area (Å²) in [6, 6.07) is 11.1. The number of pyridine rings is 1. The van der Waals surface area contributed by atoms with Gasteiger partial charge in [0.1, 0.15) is 12.4 Å². The summed E-state index contributed by atoms with van der Waals surface area (Å²) in [5.41, 5.74) is 2.39. The standard InChI is InChI=1S/C14H14FNO/c1-2-11-3-5-12(6-4-11)10-17-13-7-8-14(15)16-9-13/h3-9H,2,10H2,1H3. The molecule has 0 N–H and O–H groups in total. The molecule has 0 aliphatic carbocycles. The Kier molecular flexibility index (Phi) is 3.70. The zero-order valence-corrected chi connectivity index (χ0v) is 9.69. The highest BCUT2D eigenvalue weighted by Crippen LogP contribution is 2.12. The molecule has 0 spiro atoms. The van der Waals surface area contributed by atoms with Crippen molar-refractivity contribution in [1.29, 1.82) is 0 Å². The van der Waals surface area contributed by atoms with Gasteiger partial charge < -0.3 is 4.74 Å². The molecular weight excluding hydrogens is 217 g/mol. The van der Waals surface area contributed by atoms with Crippen LogP contribution in [0.1, 0.15) is 18.1 Å². The Labute approximate surface area is 100 Å². The van der Waals surface area contributed by atoms with Crippen LogP contribution in [-0.4, -0.2) is 4.98 Å². The van der Waals surface area contributed by atoms with Gasteiger partial charge in [-0.15, -0.1) is 0 Å². The molecule has 3 heteroatoms. The van der Waals surface area contributed by atoms with Crippen molar-refractivity contribution in [3.8, 4) is 5.75 Å². The molecule has 0 atom stereocenters. The molecule has 88 valence electrons. The molecule has 1 heterocycles. The van der Waals surface area contributed by atoms with E-state index in [1.165, 1.54) is 17.8 Å². The number of aryl methyl sites for hydroxylation is 1. The molecule has 0 aliphatic rings. The number of halogens is 1. The molecule has 0 aliphatic heterocycles. The van der Waals surface area contributed by atoms with Crippen LogP contribution < -0.4 is 4.74 Å². The van der Waals surface area contributed by atoms with Gasteiger partial charge in [-0.25, -0.2) is 4.98 Å². The summed E-state index contributed by atoms with van der Waals surface area (Å²) in [5, 5.41) is 0. The number of aromatic nitrogens is 1. The fourth-order valence-electron chi connectivity index (χ4n) is 1.49. The Morgan fingerprint density at radius 2 is 1.76 bits per heavy atom. The Bertz CT molecular complexity index is 465. The minimum atomic E-state index is -0.496. The molecule has 0 bridgehead atoms. The zero-order valence-electron chi connectivity index (χ0n) is 9.69. The van der Waals surface area contributed by atoms with Gasteiger partial charge in [0, 0.05) is 0 Å². The van der Waals surface area contributed by atoms with Crippen LogP contribution in [0, 0.1) is 5.95 Å². The van der Waals surface area contributed by atoms with Crippen LogP contribution >= 0.6 is 0 Å². The fourth-order valence-corrected chi connectivity index (χ4v) is 1.49. The Morgan fingerprint density at radius 3 is 2.35 bits per heavy atom. The first kappa shape index (κ1) is 11.6. The molecule has 0 unspecified atom stereocenters. The SMILES string of the molecule is CCc1ccc(COc2ccc(F)nc2)cc1. The number of ether oxygens (including phenoxy) is 1. The van der Waals surface area contributed by atoms with Crippen molar-refractivity contribution in [2.24, 2.45) is 0 Å². The van der Waals surface area contributed by atoms with E-state index in [1.54, 1.807) is 6.07 Å². The van der Waals surface area contributed by atoms with Gasteiger partial charge in [0.05, 0.1) is 6.20 Å². The van der Waals surface area contributed by atoms with Crippen LogP contribution in [0.25, 0.3) is 0 Å². The van der Waals surface area contributed by atoms with Gasteiger partial charge in [-0.2, -0.15) is 4.39 Å². The van der Waals surface area contributed by atoms with E-state index >= 15 is 0 Å². The first-order chi connectivity index (χ1) is 8.28. The number of hydrogen-bond donors (Lipinski definition) is 0. The van der Waals surface area contributed by atoms with Crippen LogP contribution in [0.5, 0.6) is 5.75 Å². The second-order valence-corrected chi connectivity index (χ2v) is 3.78. The first-order valence-corrected chi connectivity index (χ1v) is 5.60. The summed E-state index contributed by atoms with van der Waals surface area (Å²) in [6.07, 6.45) is 2.42. The summed E-state index contributed by atoms with van der Waals surface area (Å²) in [4.78, 5) is 3.53. The third kappa shape index (κ3) is 3.28. The van der Waals surface area contributed by atoms with Crippen molar-refractivity contribution in [1.82, 2.24) is 4.98 Å². The van der Waals surface area contributed by atoms with E-state index in [0.29, 0.717) is 12.4 Å². The maximum Gasteiger partial charge on any atom is 0.213 e. The molecule has 2 nitrogen and oxygen atoms in total. The molecular formula is C14H14FNO. The highest BCUT2D eigenvalue weighted by molar-refractivity contribution is 5.23. The first-order valence-electron chi connectivity index (χ1n) is 5.60. The summed E-state index contributed by atoms with van der Waals surface area (Å²) < 4.78 is 18.1. The van der Waals surface area contributed by atoms with E-state index < -0.39 is 5.95 Å². The number of hydrogen-bond acceptors (Lipinski definition) is 2. The van der Waals surface area contributed by atoms with Gasteiger partial charge in [0.15, 0.2) is 0 Å². The maximum atomic E-state index is 12.6. The molecule has 1 aromatic carbocycles. The lowest BCUT2D eigenvalue weighted by atomic mass is 10.1. The maximum absolute atomic E-state index is 12.6. The monoisotopic (exact) mass is 231 g/mol. The third-order valence-electron chi connectivity index (χ3n) is 2.54. The summed E-state index contributed by atoms with van der Waals surface area (Å²) in [6.45, 7) is 2.59. The highest BCUT2D eigenvalue weighted by Gasteiger charge is 1.97. The van der Waals surface area contributed by atoms with Gasteiger partial charge in [0.25, 0.3) is 0 Å². The van der Waals surface area contributed by atoms with Crippen LogP contribution in [0.4, 0.5) is 4.39 Å². The van der Waals surface area contributed by atoms with E-state index in [1.807, 2.05) is 12.1 Å². The average molecular weight is 231 g/mol. The molecule has 2 aromatic rings. The second kappa shape index (κ2) is 5.43. The average Bonchev–Trinajstić information content (AvgIpc) is 2.39. The normalized spacial score (nSPS) is 10.2. The van der Waals surface area contributed by atoms with Crippen molar-refractivity contribution < 1.29 is 9.13 Å². The van der Waals surface area contributed by atoms with Gasteiger partial charge in [-0.05, 0) is 29.7 Å². The van der Waals surface area contributed by atoms with E-state index in [4.69, 9.17) is 4.74 Å². The Hall–Kier alpha value is -1.90. The highest BCUT2D eigenvalue weighted by atomic mass is 19.1. The van der Waals surface area contributed by atoms with Crippen LogP contribution in [0.3, 0.4) is 0 Å². The van der Waals surface area contributed by atoms with Crippen molar-refractivity contribution in [3.63, 3.8) is 0 Å². The van der Waals surface area contributed by atoms with Gasteiger partial charge in [-0.3, -0.25) is 0 Å². The van der Waals surface area contributed by atoms with E-state index in [2.05, 4.69) is 24.0 Å². The largest absolute Gasteiger partial charge is 0.487 e. The molecule has 0 saturated carbocycles. The zero-order chi connectivity index (χ0) is 12.1. The molecule has 17 heavy (non-hydrogen) atoms. The fraction of sp³-hybridized carbons (Fsp3) is 0.214. The minimum absolute atomic E-state index is 0.470. The quantitative estimate of drug-likeness (QED) is 0.753. The minimum Gasteiger partial charge on any atom is -0.487 e. The lowest BCUT2D eigenvalue weighted by Gasteiger charge is -2.06.